The van der Waals surface area contributed by atoms with E-state index in [1.807, 2.05) is 0 Å². The van der Waals surface area contributed by atoms with E-state index in [0.717, 1.165) is 0 Å². The minimum absolute atomic E-state index is 0.223. The molecule has 5 heteroatoms. The van der Waals surface area contributed by atoms with Crippen LogP contribution >= 0.6 is 0 Å². The van der Waals surface area contributed by atoms with Gasteiger partial charge in [-0.1, -0.05) is 36.1 Å². The van der Waals surface area contributed by atoms with Crippen molar-refractivity contribution in [3.8, 4) is 17.9 Å². The number of benzene rings is 2. The van der Waals surface area contributed by atoms with E-state index in [1.165, 1.54) is 12.3 Å². The highest BCUT2D eigenvalue weighted by molar-refractivity contribution is 5.97. The number of para-hydroxylation sites is 1. The standard InChI is InChI=1S/C22H16FN3O/c1-22(2,11-10-15-6-3-4-7-17(15)13-24)26-21(27)18-12-16-8-5-9-19(23)20(16)25-14-18/h3-9,12,14H,1-2H3,(H,26,27). The van der Waals surface area contributed by atoms with Gasteiger partial charge in [0.1, 0.15) is 17.4 Å². The molecule has 3 aromatic rings. The quantitative estimate of drug-likeness (QED) is 0.710. The number of hydrogen-bond acceptors (Lipinski definition) is 3. The summed E-state index contributed by atoms with van der Waals surface area (Å²) in [5.41, 5.74) is 0.788. The highest BCUT2D eigenvalue weighted by Gasteiger charge is 2.19. The molecule has 0 atom stereocenters. The Morgan fingerprint density at radius 2 is 1.89 bits per heavy atom. The first kappa shape index (κ1) is 18.1. The number of pyridine rings is 1. The van der Waals surface area contributed by atoms with Gasteiger partial charge < -0.3 is 5.32 Å². The van der Waals surface area contributed by atoms with Gasteiger partial charge in [0, 0.05) is 17.1 Å². The second-order valence-corrected chi connectivity index (χ2v) is 6.52. The van der Waals surface area contributed by atoms with Gasteiger partial charge in [-0.2, -0.15) is 5.26 Å². The average Bonchev–Trinajstić information content (AvgIpc) is 2.66. The molecule has 1 heterocycles. The molecule has 4 nitrogen and oxygen atoms in total. The van der Waals surface area contributed by atoms with Crippen LogP contribution in [-0.2, 0) is 0 Å². The minimum Gasteiger partial charge on any atom is -0.336 e. The highest BCUT2D eigenvalue weighted by atomic mass is 19.1. The molecular formula is C22H16FN3O. The van der Waals surface area contributed by atoms with Crippen LogP contribution in [0.15, 0.2) is 54.7 Å². The molecular weight excluding hydrogens is 341 g/mol. The summed E-state index contributed by atoms with van der Waals surface area (Å²) in [5.74, 6) is 5.14. The largest absolute Gasteiger partial charge is 0.336 e. The molecule has 2 aromatic carbocycles. The van der Waals surface area contributed by atoms with Gasteiger partial charge in [-0.05, 0) is 38.1 Å². The fourth-order valence-corrected chi connectivity index (χ4v) is 2.55. The Balaban J connectivity index is 1.83. The highest BCUT2D eigenvalue weighted by Crippen LogP contribution is 2.17. The monoisotopic (exact) mass is 357 g/mol. The van der Waals surface area contributed by atoms with Gasteiger partial charge in [0.25, 0.3) is 5.91 Å². The topological polar surface area (TPSA) is 65.8 Å². The lowest BCUT2D eigenvalue weighted by Crippen LogP contribution is -2.42. The molecule has 132 valence electrons. The zero-order chi connectivity index (χ0) is 19.4. The number of hydrogen-bond donors (Lipinski definition) is 1. The number of rotatable bonds is 2. The first-order chi connectivity index (χ1) is 12.9. The number of carbonyl (C=O) groups excluding carboxylic acids is 1. The predicted molar refractivity (Wildman–Crippen MR) is 101 cm³/mol. The van der Waals surface area contributed by atoms with Gasteiger partial charge >= 0.3 is 0 Å². The molecule has 1 amide bonds. The lowest BCUT2D eigenvalue weighted by Gasteiger charge is -2.20. The third-order valence-electron chi connectivity index (χ3n) is 3.91. The fourth-order valence-electron chi connectivity index (χ4n) is 2.55. The van der Waals surface area contributed by atoms with Crippen molar-refractivity contribution in [1.82, 2.24) is 10.3 Å². The molecule has 0 fully saturated rings. The van der Waals surface area contributed by atoms with E-state index in [9.17, 15) is 9.18 Å². The van der Waals surface area contributed by atoms with Crippen molar-refractivity contribution in [2.24, 2.45) is 0 Å². The van der Waals surface area contributed by atoms with Crippen molar-refractivity contribution in [2.75, 3.05) is 0 Å². The number of nitrogens with zero attached hydrogens (tertiary/aromatic N) is 2. The van der Waals surface area contributed by atoms with Gasteiger partial charge in [-0.15, -0.1) is 0 Å². The molecule has 0 aliphatic rings. The van der Waals surface area contributed by atoms with Gasteiger partial charge in [-0.25, -0.2) is 4.39 Å². The van der Waals surface area contributed by atoms with E-state index in [0.29, 0.717) is 22.1 Å². The summed E-state index contributed by atoms with van der Waals surface area (Å²) in [6.07, 6.45) is 1.34. The van der Waals surface area contributed by atoms with Gasteiger partial charge in [0.2, 0.25) is 0 Å². The molecule has 0 saturated heterocycles. The van der Waals surface area contributed by atoms with Gasteiger partial charge in [0.05, 0.1) is 16.7 Å². The average molecular weight is 357 g/mol. The number of carbonyl (C=O) groups is 1. The van der Waals surface area contributed by atoms with Crippen LogP contribution in [0.4, 0.5) is 4.39 Å². The number of nitriles is 1. The van der Waals surface area contributed by atoms with Crippen molar-refractivity contribution >= 4 is 16.8 Å². The Kier molecular flexibility index (Phi) is 4.88. The first-order valence-electron chi connectivity index (χ1n) is 8.29. The van der Waals surface area contributed by atoms with Crippen LogP contribution in [0.1, 0.15) is 35.3 Å². The zero-order valence-corrected chi connectivity index (χ0v) is 14.9. The van der Waals surface area contributed by atoms with Crippen molar-refractivity contribution in [2.45, 2.75) is 19.4 Å². The number of amides is 1. The van der Waals surface area contributed by atoms with Crippen LogP contribution in [-0.4, -0.2) is 16.4 Å². The third kappa shape index (κ3) is 4.11. The first-order valence-corrected chi connectivity index (χ1v) is 8.29. The Morgan fingerprint density at radius 1 is 1.15 bits per heavy atom. The molecule has 0 saturated carbocycles. The van der Waals surface area contributed by atoms with Crippen LogP contribution < -0.4 is 5.32 Å². The Morgan fingerprint density at radius 3 is 2.63 bits per heavy atom. The molecule has 1 N–H and O–H groups in total. The Labute approximate surface area is 156 Å². The van der Waals surface area contributed by atoms with E-state index in [4.69, 9.17) is 5.26 Å². The Bertz CT molecular complexity index is 1130. The summed E-state index contributed by atoms with van der Waals surface area (Å²) in [7, 11) is 0. The number of fused-ring (bicyclic) bond motifs is 1. The summed E-state index contributed by atoms with van der Waals surface area (Å²) in [5, 5.41) is 12.5. The lowest BCUT2D eigenvalue weighted by molar-refractivity contribution is 0.0929. The summed E-state index contributed by atoms with van der Waals surface area (Å²) in [6, 6.07) is 15.3. The number of halogens is 1. The molecule has 27 heavy (non-hydrogen) atoms. The zero-order valence-electron chi connectivity index (χ0n) is 14.9. The molecule has 0 radical (unpaired) electrons. The number of aromatic nitrogens is 1. The van der Waals surface area contributed by atoms with Crippen LogP contribution in [0, 0.1) is 29.0 Å². The van der Waals surface area contributed by atoms with Crippen LogP contribution in [0.3, 0.4) is 0 Å². The smallest absolute Gasteiger partial charge is 0.254 e. The predicted octanol–water partition coefficient (Wildman–Crippen LogP) is 3.81. The van der Waals surface area contributed by atoms with Crippen molar-refractivity contribution in [3.05, 3.63) is 77.2 Å². The fraction of sp³-hybridized carbons (Fsp3) is 0.136. The summed E-state index contributed by atoms with van der Waals surface area (Å²) < 4.78 is 13.7. The molecule has 0 aliphatic carbocycles. The molecule has 0 bridgehead atoms. The van der Waals surface area contributed by atoms with Crippen LogP contribution in [0.2, 0.25) is 0 Å². The van der Waals surface area contributed by atoms with Crippen LogP contribution in [0.25, 0.3) is 10.9 Å². The van der Waals surface area contributed by atoms with E-state index in [1.54, 1.807) is 56.3 Å². The molecule has 3 rings (SSSR count). The van der Waals surface area contributed by atoms with Crippen molar-refractivity contribution < 1.29 is 9.18 Å². The molecule has 0 unspecified atom stereocenters. The normalized spacial score (nSPS) is 10.6. The maximum absolute atomic E-state index is 13.7. The van der Waals surface area contributed by atoms with Crippen molar-refractivity contribution in [3.63, 3.8) is 0 Å². The summed E-state index contributed by atoms with van der Waals surface area (Å²) in [4.78, 5) is 16.6. The summed E-state index contributed by atoms with van der Waals surface area (Å²) in [6.45, 7) is 3.53. The van der Waals surface area contributed by atoms with Gasteiger partial charge in [0.15, 0.2) is 0 Å². The van der Waals surface area contributed by atoms with Crippen molar-refractivity contribution in [1.29, 1.82) is 5.26 Å². The molecule has 0 spiro atoms. The summed E-state index contributed by atoms with van der Waals surface area (Å²) >= 11 is 0. The van der Waals surface area contributed by atoms with E-state index < -0.39 is 11.4 Å². The maximum atomic E-state index is 13.7. The van der Waals surface area contributed by atoms with E-state index in [2.05, 4.69) is 28.2 Å². The lowest BCUT2D eigenvalue weighted by atomic mass is 10.0. The van der Waals surface area contributed by atoms with Gasteiger partial charge in [-0.3, -0.25) is 9.78 Å². The second kappa shape index (κ2) is 7.27. The third-order valence-corrected chi connectivity index (χ3v) is 3.91. The maximum Gasteiger partial charge on any atom is 0.254 e. The van der Waals surface area contributed by atoms with E-state index in [-0.39, 0.29) is 11.4 Å². The SMILES string of the molecule is CC(C)(C#Cc1ccccc1C#N)NC(=O)c1cnc2c(F)cccc2c1. The van der Waals surface area contributed by atoms with E-state index >= 15 is 0 Å². The number of nitrogens with one attached hydrogen (secondary N) is 1. The molecule has 1 aromatic heterocycles. The minimum atomic E-state index is -0.837. The van der Waals surface area contributed by atoms with Crippen LogP contribution in [0.5, 0.6) is 0 Å². The Hall–Kier alpha value is -3.70. The molecule has 0 aliphatic heterocycles. The second-order valence-electron chi connectivity index (χ2n) is 6.52.